The predicted octanol–water partition coefficient (Wildman–Crippen LogP) is 1.21. The summed E-state index contributed by atoms with van der Waals surface area (Å²) in [6.45, 7) is 7.04. The number of nitrogens with zero attached hydrogens (tertiary/aromatic N) is 1. The minimum atomic E-state index is -3.28. The number of hydrogen-bond donors (Lipinski definition) is 0. The molecule has 0 aromatic rings. The van der Waals surface area contributed by atoms with E-state index in [1.54, 1.807) is 13.8 Å². The molecule has 0 N–H and O–H groups in total. The molecule has 0 unspecified atom stereocenters. The molecule has 1 aliphatic carbocycles. The van der Waals surface area contributed by atoms with Gasteiger partial charge in [0.05, 0.1) is 17.9 Å². The highest BCUT2D eigenvalue weighted by molar-refractivity contribution is 7.92. The number of nitriles is 1. The molecule has 18 heavy (non-hydrogen) atoms. The fourth-order valence-corrected chi connectivity index (χ4v) is 3.58. The molecule has 1 fully saturated rings. The van der Waals surface area contributed by atoms with Crippen molar-refractivity contribution in [2.45, 2.75) is 31.9 Å². The number of hydrogen-bond acceptors (Lipinski definition) is 5. The Bertz CT molecular complexity index is 503. The summed E-state index contributed by atoms with van der Waals surface area (Å²) in [7, 11) is -3.28. The summed E-state index contributed by atoms with van der Waals surface area (Å²) in [5.74, 6) is -0.693. The van der Waals surface area contributed by atoms with E-state index in [9.17, 15) is 18.5 Å². The zero-order valence-electron chi connectivity index (χ0n) is 10.6. The van der Waals surface area contributed by atoms with E-state index in [2.05, 4.69) is 6.58 Å². The molecule has 1 rings (SSSR count). The number of esters is 1. The normalized spacial score (nSPS) is 27.8. The lowest BCUT2D eigenvalue weighted by atomic mass is 9.85. The van der Waals surface area contributed by atoms with Crippen molar-refractivity contribution in [3.63, 3.8) is 0 Å². The second-order valence-electron chi connectivity index (χ2n) is 4.32. The van der Waals surface area contributed by atoms with E-state index >= 15 is 0 Å². The Labute approximate surface area is 107 Å². The smallest absolute Gasteiger partial charge is 0.330 e. The lowest BCUT2D eigenvalue weighted by Gasteiger charge is -2.19. The molecule has 0 heterocycles. The molecule has 0 saturated heterocycles. The van der Waals surface area contributed by atoms with Gasteiger partial charge in [-0.15, -0.1) is 0 Å². The van der Waals surface area contributed by atoms with E-state index < -0.39 is 26.5 Å². The van der Waals surface area contributed by atoms with Crippen LogP contribution in [-0.2, 0) is 19.4 Å². The Morgan fingerprint density at radius 2 is 2.22 bits per heavy atom. The van der Waals surface area contributed by atoms with Gasteiger partial charge in [0.1, 0.15) is 0 Å². The van der Waals surface area contributed by atoms with Crippen molar-refractivity contribution >= 4 is 15.8 Å². The maximum Gasteiger partial charge on any atom is 0.330 e. The number of sulfone groups is 1. The summed E-state index contributed by atoms with van der Waals surface area (Å²) in [6.07, 6.45) is 0.111. The van der Waals surface area contributed by atoms with Gasteiger partial charge in [-0.1, -0.05) is 13.5 Å². The highest BCUT2D eigenvalue weighted by atomic mass is 32.2. The second-order valence-corrected chi connectivity index (χ2v) is 6.89. The summed E-state index contributed by atoms with van der Waals surface area (Å²) in [6, 6.07) is 1.90. The van der Waals surface area contributed by atoms with Crippen LogP contribution in [0.15, 0.2) is 12.2 Å². The fraction of sp³-hybridized carbons (Fsp3) is 0.667. The second kappa shape index (κ2) is 5.11. The van der Waals surface area contributed by atoms with E-state index in [-0.39, 0.29) is 25.2 Å². The van der Waals surface area contributed by atoms with Crippen LogP contribution in [-0.4, -0.2) is 32.0 Å². The van der Waals surface area contributed by atoms with Crippen molar-refractivity contribution in [3.05, 3.63) is 12.2 Å². The maximum absolute atomic E-state index is 11.9. The van der Waals surface area contributed by atoms with Crippen molar-refractivity contribution < 1.29 is 17.9 Å². The largest absolute Gasteiger partial charge is 0.465 e. The van der Waals surface area contributed by atoms with Gasteiger partial charge in [0.2, 0.25) is 0 Å². The average Bonchev–Trinajstić information content (AvgIpc) is 2.68. The quantitative estimate of drug-likeness (QED) is 0.567. The Hall–Kier alpha value is -1.35. The van der Waals surface area contributed by atoms with Crippen LogP contribution in [0.3, 0.4) is 0 Å². The number of carbonyl (C=O) groups is 1. The summed E-state index contributed by atoms with van der Waals surface area (Å²) in [4.78, 5) is 11.9. The first-order chi connectivity index (χ1) is 8.34. The zero-order chi connectivity index (χ0) is 14.0. The first-order valence-electron chi connectivity index (χ1n) is 5.82. The average molecular weight is 271 g/mol. The van der Waals surface area contributed by atoms with Crippen molar-refractivity contribution in [2.75, 3.05) is 12.4 Å². The molecular formula is C12H17NO4S. The van der Waals surface area contributed by atoms with E-state index in [4.69, 9.17) is 4.74 Å². The Morgan fingerprint density at radius 1 is 1.61 bits per heavy atom. The molecule has 0 spiro atoms. The molecule has 100 valence electrons. The van der Waals surface area contributed by atoms with E-state index in [1.807, 2.05) is 6.07 Å². The molecule has 0 aromatic heterocycles. The van der Waals surface area contributed by atoms with Gasteiger partial charge in [0.25, 0.3) is 0 Å². The molecule has 0 bridgehead atoms. The van der Waals surface area contributed by atoms with Crippen LogP contribution >= 0.6 is 0 Å². The van der Waals surface area contributed by atoms with Crippen molar-refractivity contribution in [3.8, 4) is 6.07 Å². The summed E-state index contributed by atoms with van der Waals surface area (Å²) in [5, 5.41) is 8.52. The summed E-state index contributed by atoms with van der Waals surface area (Å²) in [5.41, 5.74) is -1.16. The van der Waals surface area contributed by atoms with Gasteiger partial charge in [0.15, 0.2) is 15.3 Å². The lowest BCUT2D eigenvalue weighted by molar-refractivity contribution is -0.149. The van der Waals surface area contributed by atoms with Gasteiger partial charge in [-0.3, -0.25) is 0 Å². The van der Waals surface area contributed by atoms with E-state index in [0.717, 1.165) is 0 Å². The van der Waals surface area contributed by atoms with Gasteiger partial charge in [0, 0.05) is 5.75 Å². The van der Waals surface area contributed by atoms with Crippen LogP contribution in [0.2, 0.25) is 0 Å². The first kappa shape index (κ1) is 14.7. The molecule has 0 radical (unpaired) electrons. The SMILES string of the molecule is C=C1C[C@@H](S(=O)(=O)CC)C[C@@]1(C#N)C(=O)OCC. The van der Waals surface area contributed by atoms with Crippen LogP contribution in [0.4, 0.5) is 0 Å². The number of carbonyl (C=O) groups excluding carboxylic acids is 1. The van der Waals surface area contributed by atoms with Crippen LogP contribution in [0.25, 0.3) is 0 Å². The minimum Gasteiger partial charge on any atom is -0.465 e. The molecular weight excluding hydrogens is 254 g/mol. The molecule has 0 aromatic carbocycles. The molecule has 0 amide bonds. The highest BCUT2D eigenvalue weighted by Gasteiger charge is 2.53. The van der Waals surface area contributed by atoms with E-state index in [0.29, 0.717) is 5.57 Å². The topological polar surface area (TPSA) is 84.2 Å². The Morgan fingerprint density at radius 3 is 2.67 bits per heavy atom. The monoisotopic (exact) mass is 271 g/mol. The molecule has 2 atom stereocenters. The zero-order valence-corrected chi connectivity index (χ0v) is 11.4. The van der Waals surface area contributed by atoms with Crippen molar-refractivity contribution in [1.82, 2.24) is 0 Å². The number of rotatable bonds is 4. The van der Waals surface area contributed by atoms with Crippen molar-refractivity contribution in [2.24, 2.45) is 5.41 Å². The van der Waals surface area contributed by atoms with Gasteiger partial charge in [-0.05, 0) is 25.3 Å². The Kier molecular flexibility index (Phi) is 4.17. The number of ether oxygens (including phenoxy) is 1. The summed E-state index contributed by atoms with van der Waals surface area (Å²) < 4.78 is 28.5. The van der Waals surface area contributed by atoms with E-state index in [1.165, 1.54) is 0 Å². The minimum absolute atomic E-state index is 0.00468. The van der Waals surface area contributed by atoms with Crippen LogP contribution in [0.1, 0.15) is 26.7 Å². The molecule has 1 aliphatic rings. The van der Waals surface area contributed by atoms with Crippen LogP contribution in [0.5, 0.6) is 0 Å². The first-order valence-corrected chi connectivity index (χ1v) is 7.54. The third-order valence-electron chi connectivity index (χ3n) is 3.34. The predicted molar refractivity (Wildman–Crippen MR) is 66.3 cm³/mol. The van der Waals surface area contributed by atoms with Gasteiger partial charge >= 0.3 is 5.97 Å². The highest BCUT2D eigenvalue weighted by Crippen LogP contribution is 2.45. The molecule has 6 heteroatoms. The maximum atomic E-state index is 11.9. The van der Waals surface area contributed by atoms with Crippen LogP contribution in [0, 0.1) is 16.7 Å². The lowest BCUT2D eigenvalue weighted by Crippen LogP contribution is -2.32. The van der Waals surface area contributed by atoms with Crippen LogP contribution < -0.4 is 0 Å². The standard InChI is InChI=1S/C12H17NO4S/c1-4-17-11(14)12(8-13)7-10(6-9(12)3)18(15,16)5-2/h10H,3-7H2,1-2H3/t10-,12+/m1/s1. The van der Waals surface area contributed by atoms with Gasteiger partial charge in [-0.25, -0.2) is 13.2 Å². The van der Waals surface area contributed by atoms with Gasteiger partial charge < -0.3 is 4.74 Å². The Balaban J connectivity index is 3.09. The third kappa shape index (κ3) is 2.27. The van der Waals surface area contributed by atoms with Crippen molar-refractivity contribution in [1.29, 1.82) is 5.26 Å². The molecule has 1 saturated carbocycles. The van der Waals surface area contributed by atoms with Gasteiger partial charge in [-0.2, -0.15) is 5.26 Å². The summed E-state index contributed by atoms with van der Waals surface area (Å²) >= 11 is 0. The molecule has 0 aliphatic heterocycles. The third-order valence-corrected chi connectivity index (χ3v) is 5.49. The molecule has 5 nitrogen and oxygen atoms in total. The fourth-order valence-electron chi connectivity index (χ4n) is 2.15.